The number of para-hydroxylation sites is 2. The molecule has 0 spiro atoms. The molecule has 10 aromatic rings. The van der Waals surface area contributed by atoms with Crippen molar-refractivity contribution in [1.29, 1.82) is 0 Å². The summed E-state index contributed by atoms with van der Waals surface area (Å²) in [5.41, 5.74) is 14.7. The molecule has 1 aliphatic carbocycles. The molecule has 1 nitrogen and oxygen atoms in total. The molecule has 0 atom stereocenters. The van der Waals surface area contributed by atoms with Gasteiger partial charge in [0.15, 0.2) is 0 Å². The molecule has 1 heteroatoms. The number of hydrogen-bond donors (Lipinski definition) is 0. The van der Waals surface area contributed by atoms with Crippen LogP contribution in [0.3, 0.4) is 0 Å². The predicted octanol–water partition coefficient (Wildman–Crippen LogP) is 17.3. The van der Waals surface area contributed by atoms with Gasteiger partial charge in [-0.15, -0.1) is 0 Å². The number of hydrogen-bond acceptors (Lipinski definition) is 1. The lowest BCUT2D eigenvalue weighted by molar-refractivity contribution is 0.445. The fourth-order valence-corrected chi connectivity index (χ4v) is 10.1. The van der Waals surface area contributed by atoms with Gasteiger partial charge in [-0.05, 0) is 120 Å². The Hall–Kier alpha value is -7.22. The van der Waals surface area contributed by atoms with Crippen LogP contribution < -0.4 is 4.90 Å². The molecule has 10 aromatic carbocycles. The summed E-state index contributed by atoms with van der Waals surface area (Å²) in [6, 6.07) is 80.9. The first kappa shape index (κ1) is 36.8. The van der Waals surface area contributed by atoms with Crippen LogP contribution in [0.2, 0.25) is 0 Å². The van der Waals surface area contributed by atoms with Crippen molar-refractivity contribution in [3.05, 3.63) is 224 Å². The van der Waals surface area contributed by atoms with Crippen molar-refractivity contribution in [2.45, 2.75) is 38.0 Å². The van der Waals surface area contributed by atoms with E-state index in [1.54, 1.807) is 0 Å². The normalized spacial score (nSPS) is 13.2. The largest absolute Gasteiger partial charge is 0.309 e. The third kappa shape index (κ3) is 6.87. The summed E-state index contributed by atoms with van der Waals surface area (Å²) in [6.45, 7) is 0. The van der Waals surface area contributed by atoms with Crippen LogP contribution in [0.5, 0.6) is 0 Å². The Bertz CT molecular complexity index is 3160. The summed E-state index contributed by atoms with van der Waals surface area (Å²) < 4.78 is 0. The van der Waals surface area contributed by atoms with Crippen molar-refractivity contribution in [2.75, 3.05) is 4.90 Å². The van der Waals surface area contributed by atoms with Crippen LogP contribution in [-0.2, 0) is 0 Å². The zero-order valence-electron chi connectivity index (χ0n) is 34.3. The Morgan fingerprint density at radius 1 is 0.311 bits per heavy atom. The molecule has 0 heterocycles. The summed E-state index contributed by atoms with van der Waals surface area (Å²) in [4.78, 5) is 2.51. The zero-order chi connectivity index (χ0) is 40.5. The summed E-state index contributed by atoms with van der Waals surface area (Å²) >= 11 is 0. The highest BCUT2D eigenvalue weighted by molar-refractivity contribution is 6.10. The molecule has 0 bridgehead atoms. The number of nitrogens with zero attached hydrogens (tertiary/aromatic N) is 1. The first-order chi connectivity index (χ1) is 30.3. The average molecular weight is 782 g/mol. The van der Waals surface area contributed by atoms with E-state index in [2.05, 4.69) is 223 Å². The van der Waals surface area contributed by atoms with Crippen LogP contribution in [0.15, 0.2) is 218 Å². The van der Waals surface area contributed by atoms with Gasteiger partial charge in [0.2, 0.25) is 0 Å². The molecular formula is C60H47N. The molecule has 0 aromatic heterocycles. The number of rotatable bonds is 8. The van der Waals surface area contributed by atoms with Gasteiger partial charge in [0.25, 0.3) is 0 Å². The van der Waals surface area contributed by atoms with E-state index in [4.69, 9.17) is 0 Å². The highest BCUT2D eigenvalue weighted by Gasteiger charge is 2.25. The maximum Gasteiger partial charge on any atom is 0.0540 e. The lowest BCUT2D eigenvalue weighted by Crippen LogP contribution is -2.13. The van der Waals surface area contributed by atoms with E-state index in [1.165, 1.54) is 114 Å². The predicted molar refractivity (Wildman–Crippen MR) is 261 cm³/mol. The Kier molecular flexibility index (Phi) is 9.71. The van der Waals surface area contributed by atoms with Crippen molar-refractivity contribution in [3.8, 4) is 44.5 Å². The molecule has 1 aliphatic rings. The van der Waals surface area contributed by atoms with Crippen LogP contribution in [0.25, 0.3) is 76.8 Å². The van der Waals surface area contributed by atoms with Crippen LogP contribution >= 0.6 is 0 Å². The summed E-state index contributed by atoms with van der Waals surface area (Å²) in [5, 5.41) is 7.70. The molecule has 0 saturated heterocycles. The minimum Gasteiger partial charge on any atom is -0.309 e. The first-order valence-electron chi connectivity index (χ1n) is 22.0. The van der Waals surface area contributed by atoms with Gasteiger partial charge in [-0.2, -0.15) is 0 Å². The lowest BCUT2D eigenvalue weighted by Gasteiger charge is -2.31. The maximum atomic E-state index is 2.51. The van der Waals surface area contributed by atoms with E-state index in [9.17, 15) is 0 Å². The van der Waals surface area contributed by atoms with E-state index in [-0.39, 0.29) is 0 Å². The van der Waals surface area contributed by atoms with E-state index in [0.717, 1.165) is 17.1 Å². The zero-order valence-corrected chi connectivity index (χ0v) is 34.3. The number of anilines is 3. The molecular weight excluding hydrogens is 735 g/mol. The second kappa shape index (κ2) is 16.1. The van der Waals surface area contributed by atoms with E-state index >= 15 is 0 Å². The van der Waals surface area contributed by atoms with Gasteiger partial charge in [-0.1, -0.05) is 207 Å². The van der Waals surface area contributed by atoms with Crippen molar-refractivity contribution >= 4 is 49.4 Å². The summed E-state index contributed by atoms with van der Waals surface area (Å²) in [7, 11) is 0. The maximum absolute atomic E-state index is 2.51. The van der Waals surface area contributed by atoms with E-state index < -0.39 is 0 Å². The second-order valence-corrected chi connectivity index (χ2v) is 16.6. The standard InChI is InChI=1S/C60H47N/c1-3-18-44(19-4-1)51-29-13-23-46-25-15-31-55(59(46)51)53-27-9-11-33-57(53)61(50-39-37-43(38-40-50)49-36-35-42-17-7-8-22-48(42)41-49)58-34-12-10-28-54(58)56-32-16-26-47-24-14-30-52(60(47)56)45-20-5-2-6-21-45/h1,3-4,7-19,22-41,45H,2,5-6,20-21H2. The molecule has 0 radical (unpaired) electrons. The first-order valence-corrected chi connectivity index (χ1v) is 22.0. The Morgan fingerprint density at radius 2 is 0.820 bits per heavy atom. The van der Waals surface area contributed by atoms with Crippen molar-refractivity contribution in [3.63, 3.8) is 0 Å². The third-order valence-corrected chi connectivity index (χ3v) is 13.0. The van der Waals surface area contributed by atoms with Gasteiger partial charge in [0, 0.05) is 16.8 Å². The van der Waals surface area contributed by atoms with Crippen LogP contribution in [-0.4, -0.2) is 0 Å². The smallest absolute Gasteiger partial charge is 0.0540 e. The molecule has 0 aliphatic heterocycles. The quantitative estimate of drug-likeness (QED) is 0.148. The fourth-order valence-electron chi connectivity index (χ4n) is 10.1. The van der Waals surface area contributed by atoms with Crippen LogP contribution in [0, 0.1) is 0 Å². The molecule has 0 amide bonds. The third-order valence-electron chi connectivity index (χ3n) is 13.0. The monoisotopic (exact) mass is 781 g/mol. The molecule has 292 valence electrons. The lowest BCUT2D eigenvalue weighted by atomic mass is 9.80. The highest BCUT2D eigenvalue weighted by Crippen LogP contribution is 2.49. The van der Waals surface area contributed by atoms with E-state index in [0.29, 0.717) is 5.92 Å². The van der Waals surface area contributed by atoms with E-state index in [1.807, 2.05) is 0 Å². The summed E-state index contributed by atoms with van der Waals surface area (Å²) in [6.07, 6.45) is 6.47. The average Bonchev–Trinajstić information content (AvgIpc) is 3.34. The minimum atomic E-state index is 0.579. The van der Waals surface area contributed by atoms with Gasteiger partial charge in [-0.3, -0.25) is 0 Å². The fraction of sp³-hybridized carbons (Fsp3) is 0.100. The van der Waals surface area contributed by atoms with Gasteiger partial charge >= 0.3 is 0 Å². The minimum absolute atomic E-state index is 0.579. The molecule has 11 rings (SSSR count). The van der Waals surface area contributed by atoms with Crippen LogP contribution in [0.4, 0.5) is 17.1 Å². The van der Waals surface area contributed by atoms with Crippen molar-refractivity contribution in [2.24, 2.45) is 0 Å². The number of benzene rings is 10. The van der Waals surface area contributed by atoms with Crippen LogP contribution in [0.1, 0.15) is 43.6 Å². The Balaban J connectivity index is 1.14. The van der Waals surface area contributed by atoms with Crippen molar-refractivity contribution in [1.82, 2.24) is 0 Å². The van der Waals surface area contributed by atoms with Gasteiger partial charge in [0.05, 0.1) is 11.4 Å². The Morgan fingerprint density at radius 3 is 1.51 bits per heavy atom. The SMILES string of the molecule is c1ccc(-c2cccc3cccc(-c4ccccc4N(c4ccc(-c5ccc6ccccc6c5)cc4)c4ccccc4-c4cccc5cccc(C6CCCCC6)c45)c23)cc1. The molecule has 61 heavy (non-hydrogen) atoms. The highest BCUT2D eigenvalue weighted by atomic mass is 15.1. The molecule has 1 saturated carbocycles. The van der Waals surface area contributed by atoms with Gasteiger partial charge < -0.3 is 4.90 Å². The van der Waals surface area contributed by atoms with Gasteiger partial charge in [0.1, 0.15) is 0 Å². The Labute approximate surface area is 359 Å². The topological polar surface area (TPSA) is 3.24 Å². The molecule has 0 unspecified atom stereocenters. The second-order valence-electron chi connectivity index (χ2n) is 16.6. The number of fused-ring (bicyclic) bond motifs is 3. The van der Waals surface area contributed by atoms with Gasteiger partial charge in [-0.25, -0.2) is 0 Å². The van der Waals surface area contributed by atoms with Crippen molar-refractivity contribution < 1.29 is 0 Å². The summed E-state index contributed by atoms with van der Waals surface area (Å²) in [5.74, 6) is 0.579. The molecule has 0 N–H and O–H groups in total. The molecule has 1 fully saturated rings.